The van der Waals surface area contributed by atoms with Crippen LogP contribution in [0.2, 0.25) is 0 Å². The molecule has 1 N–H and O–H groups in total. The molecule has 148 valence electrons. The van der Waals surface area contributed by atoms with Crippen LogP contribution in [0.3, 0.4) is 0 Å². The van der Waals surface area contributed by atoms with Crippen LogP contribution < -0.4 is 14.8 Å². The van der Waals surface area contributed by atoms with Gasteiger partial charge in [0, 0.05) is 38.8 Å². The number of hydrogen-bond donors (Lipinski definition) is 1. The molecule has 1 saturated carbocycles. The van der Waals surface area contributed by atoms with Crippen LogP contribution >= 0.6 is 0 Å². The SMILES string of the molecule is C[C@H]1CCCC[C@@H]1NC(=O)CN1CCN(Cc2ccc3c(c2)OCO3)CC1. The van der Waals surface area contributed by atoms with E-state index in [1.54, 1.807) is 0 Å². The normalized spacial score (nSPS) is 26.1. The molecular weight excluding hydrogens is 342 g/mol. The maximum absolute atomic E-state index is 12.4. The predicted molar refractivity (Wildman–Crippen MR) is 104 cm³/mol. The lowest BCUT2D eigenvalue weighted by Crippen LogP contribution is -2.51. The van der Waals surface area contributed by atoms with Gasteiger partial charge in [0.05, 0.1) is 6.54 Å². The first kappa shape index (κ1) is 18.6. The lowest BCUT2D eigenvalue weighted by atomic mass is 9.86. The Kier molecular flexibility index (Phi) is 5.83. The maximum Gasteiger partial charge on any atom is 0.234 e. The molecule has 6 nitrogen and oxygen atoms in total. The fourth-order valence-electron chi connectivity index (χ4n) is 4.39. The van der Waals surface area contributed by atoms with E-state index in [0.717, 1.165) is 50.6 Å². The molecule has 4 rings (SSSR count). The van der Waals surface area contributed by atoms with Crippen molar-refractivity contribution in [2.75, 3.05) is 39.5 Å². The highest BCUT2D eigenvalue weighted by Crippen LogP contribution is 2.32. The standard InChI is InChI=1S/C21H31N3O3/c1-16-4-2-3-5-18(16)22-21(25)14-24-10-8-23(9-11-24)13-17-6-7-19-20(12-17)27-15-26-19/h6-7,12,16,18H,2-5,8-11,13-15H2,1H3,(H,22,25)/t16-,18-/m0/s1. The monoisotopic (exact) mass is 373 g/mol. The molecule has 1 aliphatic carbocycles. The Morgan fingerprint density at radius 1 is 1.07 bits per heavy atom. The lowest BCUT2D eigenvalue weighted by molar-refractivity contribution is -0.124. The number of carbonyl (C=O) groups excluding carboxylic acids is 1. The number of amides is 1. The maximum atomic E-state index is 12.4. The predicted octanol–water partition coefficient (Wildman–Crippen LogP) is 2.23. The van der Waals surface area contributed by atoms with E-state index in [0.29, 0.717) is 25.3 Å². The molecule has 27 heavy (non-hydrogen) atoms. The van der Waals surface area contributed by atoms with E-state index in [4.69, 9.17) is 9.47 Å². The van der Waals surface area contributed by atoms with Crippen molar-refractivity contribution in [2.45, 2.75) is 45.2 Å². The zero-order valence-corrected chi connectivity index (χ0v) is 16.3. The van der Waals surface area contributed by atoms with Crippen LogP contribution in [0.4, 0.5) is 0 Å². The van der Waals surface area contributed by atoms with Crippen molar-refractivity contribution in [3.63, 3.8) is 0 Å². The summed E-state index contributed by atoms with van der Waals surface area (Å²) in [6, 6.07) is 6.55. The van der Waals surface area contributed by atoms with E-state index < -0.39 is 0 Å². The first-order valence-electron chi connectivity index (χ1n) is 10.3. The third-order valence-electron chi connectivity index (χ3n) is 6.13. The number of piperazine rings is 1. The lowest BCUT2D eigenvalue weighted by Gasteiger charge is -2.35. The zero-order chi connectivity index (χ0) is 18.6. The zero-order valence-electron chi connectivity index (χ0n) is 16.3. The molecule has 6 heteroatoms. The first-order valence-corrected chi connectivity index (χ1v) is 10.3. The van der Waals surface area contributed by atoms with Crippen LogP contribution in [0, 0.1) is 5.92 Å². The summed E-state index contributed by atoms with van der Waals surface area (Å²) in [5.74, 6) is 2.49. The van der Waals surface area contributed by atoms with Gasteiger partial charge >= 0.3 is 0 Å². The van der Waals surface area contributed by atoms with Crippen LogP contribution in [-0.4, -0.2) is 61.3 Å². The highest BCUT2D eigenvalue weighted by Gasteiger charge is 2.25. The Morgan fingerprint density at radius 2 is 1.81 bits per heavy atom. The Morgan fingerprint density at radius 3 is 2.63 bits per heavy atom. The minimum atomic E-state index is 0.193. The second-order valence-corrected chi connectivity index (χ2v) is 8.18. The van der Waals surface area contributed by atoms with Gasteiger partial charge in [0.2, 0.25) is 12.7 Å². The molecule has 0 radical (unpaired) electrons. The number of nitrogens with one attached hydrogen (secondary N) is 1. The summed E-state index contributed by atoms with van der Waals surface area (Å²) in [6.45, 7) is 7.88. The molecule has 2 aliphatic heterocycles. The number of ether oxygens (including phenoxy) is 2. The van der Waals surface area contributed by atoms with E-state index >= 15 is 0 Å². The topological polar surface area (TPSA) is 54.0 Å². The number of rotatable bonds is 5. The molecule has 2 heterocycles. The highest BCUT2D eigenvalue weighted by atomic mass is 16.7. The van der Waals surface area contributed by atoms with Crippen molar-refractivity contribution in [1.82, 2.24) is 15.1 Å². The number of carbonyl (C=O) groups is 1. The minimum absolute atomic E-state index is 0.193. The third kappa shape index (κ3) is 4.74. The average Bonchev–Trinajstić information content (AvgIpc) is 3.13. The van der Waals surface area contributed by atoms with Crippen molar-refractivity contribution < 1.29 is 14.3 Å². The van der Waals surface area contributed by atoms with Gasteiger partial charge in [-0.15, -0.1) is 0 Å². The third-order valence-corrected chi connectivity index (χ3v) is 6.13. The Balaban J connectivity index is 1.20. The summed E-state index contributed by atoms with van der Waals surface area (Å²) in [6.07, 6.45) is 4.92. The van der Waals surface area contributed by atoms with E-state index in [1.165, 1.54) is 24.8 Å². The van der Waals surface area contributed by atoms with Gasteiger partial charge in [-0.1, -0.05) is 25.8 Å². The molecule has 0 aromatic heterocycles. The highest BCUT2D eigenvalue weighted by molar-refractivity contribution is 5.78. The number of hydrogen-bond acceptors (Lipinski definition) is 5. The Hall–Kier alpha value is -1.79. The molecule has 0 bridgehead atoms. The van der Waals surface area contributed by atoms with Gasteiger partial charge in [-0.05, 0) is 36.5 Å². The van der Waals surface area contributed by atoms with Crippen molar-refractivity contribution in [3.8, 4) is 11.5 Å². The van der Waals surface area contributed by atoms with Gasteiger partial charge in [0.1, 0.15) is 0 Å². The molecule has 2 atom stereocenters. The van der Waals surface area contributed by atoms with Crippen molar-refractivity contribution in [3.05, 3.63) is 23.8 Å². The van der Waals surface area contributed by atoms with Crippen molar-refractivity contribution >= 4 is 5.91 Å². The van der Waals surface area contributed by atoms with Crippen LogP contribution in [0.15, 0.2) is 18.2 Å². The molecule has 2 fully saturated rings. The number of fused-ring (bicyclic) bond motifs is 1. The van der Waals surface area contributed by atoms with Gasteiger partial charge in [0.15, 0.2) is 11.5 Å². The molecule has 0 spiro atoms. The smallest absolute Gasteiger partial charge is 0.234 e. The van der Waals surface area contributed by atoms with Gasteiger partial charge in [-0.25, -0.2) is 0 Å². The summed E-state index contributed by atoms with van der Waals surface area (Å²) in [5, 5.41) is 3.27. The fraction of sp³-hybridized carbons (Fsp3) is 0.667. The van der Waals surface area contributed by atoms with Gasteiger partial charge < -0.3 is 14.8 Å². The second kappa shape index (κ2) is 8.48. The minimum Gasteiger partial charge on any atom is -0.454 e. The summed E-state index contributed by atoms with van der Waals surface area (Å²) in [7, 11) is 0. The molecule has 1 aromatic rings. The van der Waals surface area contributed by atoms with Crippen LogP contribution in [0.5, 0.6) is 11.5 Å². The van der Waals surface area contributed by atoms with Crippen LogP contribution in [0.1, 0.15) is 38.2 Å². The van der Waals surface area contributed by atoms with Gasteiger partial charge in [-0.3, -0.25) is 14.6 Å². The molecule has 3 aliphatic rings. The summed E-state index contributed by atoms with van der Waals surface area (Å²) in [4.78, 5) is 17.1. The van der Waals surface area contributed by atoms with Crippen molar-refractivity contribution in [1.29, 1.82) is 0 Å². The summed E-state index contributed by atoms with van der Waals surface area (Å²) < 4.78 is 10.8. The number of nitrogens with zero attached hydrogens (tertiary/aromatic N) is 2. The quantitative estimate of drug-likeness (QED) is 0.858. The van der Waals surface area contributed by atoms with Gasteiger partial charge in [0.25, 0.3) is 0 Å². The van der Waals surface area contributed by atoms with E-state index in [2.05, 4.69) is 34.2 Å². The van der Waals surface area contributed by atoms with Gasteiger partial charge in [-0.2, -0.15) is 0 Å². The largest absolute Gasteiger partial charge is 0.454 e. The van der Waals surface area contributed by atoms with Crippen LogP contribution in [-0.2, 0) is 11.3 Å². The molecule has 1 aromatic carbocycles. The fourth-order valence-corrected chi connectivity index (χ4v) is 4.39. The molecule has 0 unspecified atom stereocenters. The second-order valence-electron chi connectivity index (χ2n) is 8.18. The van der Waals surface area contributed by atoms with E-state index in [1.807, 2.05) is 6.07 Å². The molecular formula is C21H31N3O3. The van der Waals surface area contributed by atoms with Crippen molar-refractivity contribution in [2.24, 2.45) is 5.92 Å². The summed E-state index contributed by atoms with van der Waals surface area (Å²) in [5.41, 5.74) is 1.25. The number of benzene rings is 1. The molecule has 1 amide bonds. The Bertz CT molecular complexity index is 658. The average molecular weight is 373 g/mol. The Labute approximate surface area is 161 Å². The van der Waals surface area contributed by atoms with E-state index in [-0.39, 0.29) is 5.91 Å². The summed E-state index contributed by atoms with van der Waals surface area (Å²) >= 11 is 0. The first-order chi connectivity index (χ1) is 13.2. The molecule has 1 saturated heterocycles. The van der Waals surface area contributed by atoms with E-state index in [9.17, 15) is 4.79 Å². The van der Waals surface area contributed by atoms with Crippen LogP contribution in [0.25, 0.3) is 0 Å².